The van der Waals surface area contributed by atoms with Crippen LogP contribution in [0.3, 0.4) is 0 Å². The quantitative estimate of drug-likeness (QED) is 0.0319. The second-order valence-electron chi connectivity index (χ2n) is 32.2. The largest absolute Gasteiger partial charge is 0.494 e. The molecule has 18 rings (SSSR count). The molecule has 0 saturated carbocycles. The highest BCUT2D eigenvalue weighted by molar-refractivity contribution is 6.13. The van der Waals surface area contributed by atoms with Crippen LogP contribution in [-0.4, -0.2) is 13.2 Å². The number of hydrogen-bond donors (Lipinski definition) is 0. The van der Waals surface area contributed by atoms with Gasteiger partial charge in [-0.3, -0.25) is 0 Å². The number of benzene rings is 16. The number of anilines is 3. The van der Waals surface area contributed by atoms with Crippen molar-refractivity contribution in [1.82, 2.24) is 0 Å². The number of fused-ring (bicyclic) bond motifs is 8. The lowest BCUT2D eigenvalue weighted by atomic mass is 9.68. The molecule has 0 spiro atoms. The van der Waals surface area contributed by atoms with Crippen LogP contribution in [0.25, 0.3) is 89.3 Å². The number of hydrogen-bond acceptors (Lipinski definition) is 3. The molecule has 3 heteroatoms. The lowest BCUT2D eigenvalue weighted by Crippen LogP contribution is -2.27. The SMILES string of the molecule is C=Cc1ccc(OCCCCC2(c3ccccc3)c3ccccc3-c3ccc(C(c4ccc(-c5ccccc5)cc4)c4cc(CCCC)c(-c5c(CCCC)cc(N(c6ccc(-c7ccccc7)cc6)c6ccc7c(c6)C(CCCCOc6ccc(C=C)cc6)(c6ccccc6)c6ccccc6-7)c6ccccc56)c5ccccc45)cc32)cc1. The van der Waals surface area contributed by atoms with E-state index in [0.29, 0.717) is 13.2 Å². The van der Waals surface area contributed by atoms with Crippen LogP contribution >= 0.6 is 0 Å². The van der Waals surface area contributed by atoms with Gasteiger partial charge in [0.25, 0.3) is 0 Å². The van der Waals surface area contributed by atoms with Crippen LogP contribution in [-0.2, 0) is 23.7 Å². The summed E-state index contributed by atoms with van der Waals surface area (Å²) in [5, 5.41) is 5.03. The van der Waals surface area contributed by atoms with Gasteiger partial charge in [-0.1, -0.05) is 361 Å². The maximum atomic E-state index is 6.47. The Hall–Kier alpha value is -13.1. The lowest BCUT2D eigenvalue weighted by molar-refractivity contribution is 0.301. The van der Waals surface area contributed by atoms with Gasteiger partial charge in [0.1, 0.15) is 11.5 Å². The summed E-state index contributed by atoms with van der Waals surface area (Å²) in [4.78, 5) is 2.61. The Morgan fingerprint density at radius 2 is 0.720 bits per heavy atom. The van der Waals surface area contributed by atoms with Gasteiger partial charge in [0.05, 0.1) is 18.9 Å². The molecule has 0 aromatic heterocycles. The van der Waals surface area contributed by atoms with Gasteiger partial charge in [-0.15, -0.1) is 0 Å². The second kappa shape index (κ2) is 34.4. The Bertz CT molecular complexity index is 5840. The molecule has 0 bridgehead atoms. The summed E-state index contributed by atoms with van der Waals surface area (Å²) >= 11 is 0. The number of ether oxygens (including phenoxy) is 2. The first kappa shape index (κ1) is 76.2. The van der Waals surface area contributed by atoms with Gasteiger partial charge >= 0.3 is 0 Å². The number of nitrogens with zero attached hydrogens (tertiary/aromatic N) is 1. The Labute approximate surface area is 698 Å². The molecular formula is C115H101NO2. The summed E-state index contributed by atoms with van der Waals surface area (Å²) in [6.07, 6.45) is 15.3. The van der Waals surface area contributed by atoms with E-state index in [1.165, 1.54) is 144 Å². The van der Waals surface area contributed by atoms with E-state index in [0.717, 1.165) is 111 Å². The maximum absolute atomic E-state index is 6.47. The summed E-state index contributed by atoms with van der Waals surface area (Å²) in [6.45, 7) is 13.9. The molecule has 118 heavy (non-hydrogen) atoms. The van der Waals surface area contributed by atoms with Gasteiger partial charge in [-0.25, -0.2) is 0 Å². The average Bonchev–Trinajstić information content (AvgIpc) is 1.53. The van der Waals surface area contributed by atoms with Crippen molar-refractivity contribution in [2.45, 2.75) is 108 Å². The standard InChI is InChI=1S/C115H101NO2/c1-5-9-35-88-77-105(111(87-59-57-85(58-60-87)83-37-15-11-16-38-83)90-63-71-100-98-46-27-29-51-106(98)114(108(100)78-90,91-41-19-13-20-42-91)73-31-33-75-117-95-67-53-81(7-3)54-68-95)97-45-23-25-49-103(97)112(88)113-89(36-10-6-2)79-110(102-48-24-26-50-104(102)113)116(93-64-61-86(62-65-93)84-39-17-12-18-40-84)94-66-72-101-99-47-28-30-52-107(99)115(109(101)80-94,92-43-21-14-22-44-92)74-32-34-76-118-96-69-55-82(8-4)56-70-96/h7-8,11-30,37-72,77-80,111H,3-6,9-10,31-36,73-76H2,1-2H3. The monoisotopic (exact) mass is 1530 g/mol. The van der Waals surface area contributed by atoms with Gasteiger partial charge in [0.15, 0.2) is 0 Å². The molecule has 0 aliphatic heterocycles. The molecule has 0 saturated heterocycles. The molecule has 0 fully saturated rings. The van der Waals surface area contributed by atoms with Crippen molar-refractivity contribution < 1.29 is 9.47 Å². The van der Waals surface area contributed by atoms with E-state index < -0.39 is 10.8 Å². The molecule has 3 atom stereocenters. The zero-order chi connectivity index (χ0) is 79.8. The first-order valence-corrected chi connectivity index (χ1v) is 42.9. The summed E-state index contributed by atoms with van der Waals surface area (Å²) in [5.74, 6) is 1.63. The first-order valence-electron chi connectivity index (χ1n) is 42.9. The lowest BCUT2D eigenvalue weighted by Gasteiger charge is -2.35. The van der Waals surface area contributed by atoms with Gasteiger partial charge < -0.3 is 14.4 Å². The van der Waals surface area contributed by atoms with E-state index in [2.05, 4.69) is 396 Å². The molecular weight excluding hydrogens is 1430 g/mol. The van der Waals surface area contributed by atoms with E-state index >= 15 is 0 Å². The van der Waals surface area contributed by atoms with Crippen LogP contribution in [0.15, 0.2) is 377 Å². The van der Waals surface area contributed by atoms with Crippen molar-refractivity contribution in [3.8, 4) is 67.1 Å². The molecule has 0 heterocycles. The fourth-order valence-electron chi connectivity index (χ4n) is 19.6. The fraction of sp³-hybridized carbons (Fsp3) is 0.165. The summed E-state index contributed by atoms with van der Waals surface area (Å²) in [7, 11) is 0. The Kier molecular flexibility index (Phi) is 22.2. The van der Waals surface area contributed by atoms with E-state index in [9.17, 15) is 0 Å². The van der Waals surface area contributed by atoms with Crippen LogP contribution < -0.4 is 14.4 Å². The first-order chi connectivity index (χ1) is 58.3. The van der Waals surface area contributed by atoms with Crippen LogP contribution in [0.5, 0.6) is 11.5 Å². The third kappa shape index (κ3) is 14.6. The van der Waals surface area contributed by atoms with Crippen molar-refractivity contribution in [2.75, 3.05) is 18.1 Å². The maximum Gasteiger partial charge on any atom is 0.119 e. The van der Waals surface area contributed by atoms with Gasteiger partial charge in [0, 0.05) is 33.5 Å². The number of rotatable bonds is 31. The molecule has 2 aliphatic rings. The van der Waals surface area contributed by atoms with E-state index in [1.807, 2.05) is 12.2 Å². The normalized spacial score (nSPS) is 14.6. The molecule has 0 amide bonds. The molecule has 2 aliphatic carbocycles. The molecule has 16 aromatic carbocycles. The molecule has 16 aromatic rings. The van der Waals surface area contributed by atoms with Crippen LogP contribution in [0, 0.1) is 0 Å². The van der Waals surface area contributed by atoms with E-state index in [4.69, 9.17) is 9.47 Å². The minimum Gasteiger partial charge on any atom is -0.494 e. The predicted octanol–water partition coefficient (Wildman–Crippen LogP) is 30.7. The highest BCUT2D eigenvalue weighted by atomic mass is 16.5. The summed E-state index contributed by atoms with van der Waals surface area (Å²) in [5.41, 5.74) is 32.1. The van der Waals surface area contributed by atoms with Crippen LogP contribution in [0.2, 0.25) is 0 Å². The zero-order valence-corrected chi connectivity index (χ0v) is 68.0. The second-order valence-corrected chi connectivity index (χ2v) is 32.2. The van der Waals surface area contributed by atoms with Crippen LogP contribution in [0.4, 0.5) is 17.1 Å². The van der Waals surface area contributed by atoms with Gasteiger partial charge in [-0.05, 0) is 263 Å². The molecule has 578 valence electrons. The third-order valence-electron chi connectivity index (χ3n) is 25.4. The fourth-order valence-corrected chi connectivity index (χ4v) is 19.6. The third-order valence-corrected chi connectivity index (χ3v) is 25.4. The molecule has 3 unspecified atom stereocenters. The summed E-state index contributed by atoms with van der Waals surface area (Å²) in [6, 6.07) is 138. The molecule has 3 nitrogen and oxygen atoms in total. The zero-order valence-electron chi connectivity index (χ0n) is 68.0. The van der Waals surface area contributed by atoms with Crippen molar-refractivity contribution >= 4 is 50.8 Å². The molecule has 0 radical (unpaired) electrons. The average molecular weight is 1530 g/mol. The Morgan fingerprint density at radius 1 is 0.322 bits per heavy atom. The summed E-state index contributed by atoms with van der Waals surface area (Å²) < 4.78 is 12.9. The van der Waals surface area contributed by atoms with E-state index in [-0.39, 0.29) is 5.92 Å². The number of aryl methyl sites for hydroxylation is 2. The smallest absolute Gasteiger partial charge is 0.119 e. The highest BCUT2D eigenvalue weighted by Crippen LogP contribution is 2.60. The van der Waals surface area contributed by atoms with Gasteiger partial charge in [0.2, 0.25) is 0 Å². The minimum absolute atomic E-state index is 0.144. The predicted molar refractivity (Wildman–Crippen MR) is 499 cm³/mol. The van der Waals surface area contributed by atoms with Crippen LogP contribution in [0.1, 0.15) is 156 Å². The van der Waals surface area contributed by atoms with Crippen molar-refractivity contribution in [2.24, 2.45) is 0 Å². The minimum atomic E-state index is -0.446. The molecule has 0 N–H and O–H groups in total. The van der Waals surface area contributed by atoms with Crippen molar-refractivity contribution in [3.05, 3.63) is 449 Å². The highest BCUT2D eigenvalue weighted by Gasteiger charge is 2.46. The van der Waals surface area contributed by atoms with Crippen molar-refractivity contribution in [3.63, 3.8) is 0 Å². The van der Waals surface area contributed by atoms with E-state index in [1.54, 1.807) is 0 Å². The van der Waals surface area contributed by atoms with Gasteiger partial charge in [-0.2, -0.15) is 0 Å². The Balaban J connectivity index is 0.812. The Morgan fingerprint density at radius 3 is 1.23 bits per heavy atom. The van der Waals surface area contributed by atoms with Crippen molar-refractivity contribution in [1.29, 1.82) is 0 Å². The topological polar surface area (TPSA) is 21.7 Å². The number of unbranched alkanes of at least 4 members (excludes halogenated alkanes) is 4.